The van der Waals surface area contributed by atoms with Gasteiger partial charge in [0.1, 0.15) is 5.82 Å². The van der Waals surface area contributed by atoms with E-state index in [0.29, 0.717) is 6.42 Å². The third-order valence-electron chi connectivity index (χ3n) is 2.62. The zero-order valence-electron chi connectivity index (χ0n) is 11.8. The van der Waals surface area contributed by atoms with Crippen molar-refractivity contribution >= 4 is 29.1 Å². The van der Waals surface area contributed by atoms with Gasteiger partial charge in [-0.2, -0.15) is 0 Å². The molecule has 0 saturated carbocycles. The Hall–Kier alpha value is -1.66. The number of carbonyl (C=O) groups is 2. The number of benzene rings is 1. The lowest BCUT2D eigenvalue weighted by Gasteiger charge is -2.13. The van der Waals surface area contributed by atoms with E-state index in [-0.39, 0.29) is 23.2 Å². The number of halogens is 2. The standard InChI is InChI=1S/C14H18ClFN2O3/c1-8(2)5-10(19)7-17-13(20)14(21)18-12-6-9(15)3-4-11(12)16/h3-4,6,8,10,19H,5,7H2,1-2H3,(H,17,20)(H,18,21). The number of amides is 2. The molecule has 5 nitrogen and oxygen atoms in total. The molecule has 21 heavy (non-hydrogen) atoms. The molecule has 2 amide bonds. The summed E-state index contributed by atoms with van der Waals surface area (Å²) in [6.07, 6.45) is -0.227. The van der Waals surface area contributed by atoms with E-state index in [4.69, 9.17) is 11.6 Å². The first-order valence-electron chi connectivity index (χ1n) is 6.52. The van der Waals surface area contributed by atoms with Crippen molar-refractivity contribution < 1.29 is 19.1 Å². The van der Waals surface area contributed by atoms with Gasteiger partial charge in [-0.15, -0.1) is 0 Å². The van der Waals surface area contributed by atoms with Crippen molar-refractivity contribution in [3.05, 3.63) is 29.0 Å². The van der Waals surface area contributed by atoms with E-state index in [1.807, 2.05) is 13.8 Å². The Morgan fingerprint density at radius 3 is 2.62 bits per heavy atom. The van der Waals surface area contributed by atoms with E-state index in [2.05, 4.69) is 10.6 Å². The maximum atomic E-state index is 13.4. The van der Waals surface area contributed by atoms with Crippen LogP contribution in [0.3, 0.4) is 0 Å². The summed E-state index contributed by atoms with van der Waals surface area (Å²) in [4.78, 5) is 23.1. The molecule has 1 rings (SSSR count). The Labute approximate surface area is 127 Å². The number of aliphatic hydroxyl groups is 1. The van der Waals surface area contributed by atoms with Crippen molar-refractivity contribution in [3.8, 4) is 0 Å². The van der Waals surface area contributed by atoms with E-state index >= 15 is 0 Å². The van der Waals surface area contributed by atoms with Gasteiger partial charge in [-0.05, 0) is 30.5 Å². The summed E-state index contributed by atoms with van der Waals surface area (Å²) in [5.74, 6) is -2.39. The molecule has 1 aromatic carbocycles. The van der Waals surface area contributed by atoms with Crippen LogP contribution >= 0.6 is 11.6 Å². The second-order valence-corrected chi connectivity index (χ2v) is 5.51. The highest BCUT2D eigenvalue weighted by Crippen LogP contribution is 2.19. The third kappa shape index (κ3) is 6.10. The molecule has 0 heterocycles. The molecule has 1 unspecified atom stereocenters. The molecule has 3 N–H and O–H groups in total. The summed E-state index contributed by atoms with van der Waals surface area (Å²) in [7, 11) is 0. The maximum absolute atomic E-state index is 13.4. The zero-order chi connectivity index (χ0) is 16.0. The Balaban J connectivity index is 2.51. The molecule has 0 spiro atoms. The highest BCUT2D eigenvalue weighted by atomic mass is 35.5. The lowest BCUT2D eigenvalue weighted by atomic mass is 10.1. The average molecular weight is 317 g/mol. The van der Waals surface area contributed by atoms with Gasteiger partial charge in [-0.25, -0.2) is 4.39 Å². The molecule has 0 fully saturated rings. The van der Waals surface area contributed by atoms with Crippen molar-refractivity contribution in [2.75, 3.05) is 11.9 Å². The van der Waals surface area contributed by atoms with E-state index in [1.54, 1.807) is 0 Å². The van der Waals surface area contributed by atoms with Gasteiger partial charge in [0.05, 0.1) is 11.8 Å². The first-order chi connectivity index (χ1) is 9.79. The fourth-order valence-electron chi connectivity index (χ4n) is 1.69. The van der Waals surface area contributed by atoms with Crippen LogP contribution in [0.15, 0.2) is 18.2 Å². The van der Waals surface area contributed by atoms with E-state index in [0.717, 1.165) is 6.07 Å². The van der Waals surface area contributed by atoms with E-state index < -0.39 is 23.7 Å². The first-order valence-corrected chi connectivity index (χ1v) is 6.89. The summed E-state index contributed by atoms with van der Waals surface area (Å²) in [5, 5.41) is 14.2. The fourth-order valence-corrected chi connectivity index (χ4v) is 1.86. The van der Waals surface area contributed by atoms with Crippen molar-refractivity contribution in [2.45, 2.75) is 26.4 Å². The number of nitrogens with one attached hydrogen (secondary N) is 2. The highest BCUT2D eigenvalue weighted by molar-refractivity contribution is 6.39. The monoisotopic (exact) mass is 316 g/mol. The van der Waals surface area contributed by atoms with Gasteiger partial charge in [0.25, 0.3) is 0 Å². The minimum atomic E-state index is -1.02. The van der Waals surface area contributed by atoms with Crippen LogP contribution in [0.1, 0.15) is 20.3 Å². The van der Waals surface area contributed by atoms with Crippen LogP contribution in [0.5, 0.6) is 0 Å². The quantitative estimate of drug-likeness (QED) is 0.726. The summed E-state index contributed by atoms with van der Waals surface area (Å²) in [6, 6.07) is 3.62. The van der Waals surface area contributed by atoms with Crippen molar-refractivity contribution in [1.82, 2.24) is 5.32 Å². The molecule has 1 aromatic rings. The van der Waals surface area contributed by atoms with Crippen LogP contribution in [0.4, 0.5) is 10.1 Å². The van der Waals surface area contributed by atoms with Gasteiger partial charge < -0.3 is 15.7 Å². The topological polar surface area (TPSA) is 78.4 Å². The maximum Gasteiger partial charge on any atom is 0.313 e. The zero-order valence-corrected chi connectivity index (χ0v) is 12.6. The number of rotatable bonds is 5. The van der Waals surface area contributed by atoms with Crippen LogP contribution in [0, 0.1) is 11.7 Å². The van der Waals surface area contributed by atoms with Crippen LogP contribution < -0.4 is 10.6 Å². The van der Waals surface area contributed by atoms with Crippen molar-refractivity contribution in [3.63, 3.8) is 0 Å². The van der Waals surface area contributed by atoms with Crippen LogP contribution in [0.25, 0.3) is 0 Å². The molecule has 0 aromatic heterocycles. The van der Waals surface area contributed by atoms with Crippen molar-refractivity contribution in [1.29, 1.82) is 0 Å². The second-order valence-electron chi connectivity index (χ2n) is 5.07. The molecular formula is C14H18ClFN2O3. The lowest BCUT2D eigenvalue weighted by Crippen LogP contribution is -2.40. The van der Waals surface area contributed by atoms with Crippen LogP contribution in [0.2, 0.25) is 5.02 Å². The number of carbonyl (C=O) groups excluding carboxylic acids is 2. The summed E-state index contributed by atoms with van der Waals surface area (Å²) in [5.41, 5.74) is -0.176. The predicted octanol–water partition coefficient (Wildman–Crippen LogP) is 1.94. The second kappa shape index (κ2) is 7.95. The molecular weight excluding hydrogens is 299 g/mol. The highest BCUT2D eigenvalue weighted by Gasteiger charge is 2.17. The average Bonchev–Trinajstić information content (AvgIpc) is 2.39. The molecule has 0 aliphatic heterocycles. The smallest absolute Gasteiger partial charge is 0.313 e. The van der Waals surface area contributed by atoms with Gasteiger partial charge in [0, 0.05) is 11.6 Å². The molecule has 1 atom stereocenters. The third-order valence-corrected chi connectivity index (χ3v) is 2.86. The van der Waals surface area contributed by atoms with Gasteiger partial charge >= 0.3 is 11.8 Å². The van der Waals surface area contributed by atoms with Gasteiger partial charge in [0.15, 0.2) is 0 Å². The summed E-state index contributed by atoms with van der Waals surface area (Å²) >= 11 is 5.68. The van der Waals surface area contributed by atoms with Gasteiger partial charge in [-0.3, -0.25) is 9.59 Å². The number of anilines is 1. The Morgan fingerprint density at radius 2 is 2.00 bits per heavy atom. The Morgan fingerprint density at radius 1 is 1.33 bits per heavy atom. The largest absolute Gasteiger partial charge is 0.391 e. The van der Waals surface area contributed by atoms with Gasteiger partial charge in [0.2, 0.25) is 0 Å². The Bertz CT molecular complexity index is 523. The molecule has 0 saturated heterocycles. The molecule has 0 aliphatic rings. The SMILES string of the molecule is CC(C)CC(O)CNC(=O)C(=O)Nc1cc(Cl)ccc1F. The molecule has 0 bridgehead atoms. The predicted molar refractivity (Wildman–Crippen MR) is 78.5 cm³/mol. The molecule has 116 valence electrons. The van der Waals surface area contributed by atoms with Crippen molar-refractivity contribution in [2.24, 2.45) is 5.92 Å². The normalized spacial score (nSPS) is 12.1. The summed E-state index contributed by atoms with van der Waals surface area (Å²) in [6.45, 7) is 3.82. The minimum Gasteiger partial charge on any atom is -0.391 e. The minimum absolute atomic E-state index is 0.0392. The van der Waals surface area contributed by atoms with Crippen LogP contribution in [-0.4, -0.2) is 29.6 Å². The van der Waals surface area contributed by atoms with E-state index in [9.17, 15) is 19.1 Å². The lowest BCUT2D eigenvalue weighted by molar-refractivity contribution is -0.136. The molecule has 0 radical (unpaired) electrons. The number of hydrogen-bond acceptors (Lipinski definition) is 3. The summed E-state index contributed by atoms with van der Waals surface area (Å²) < 4.78 is 13.4. The Kier molecular flexibility index (Phi) is 6.58. The fraction of sp³-hybridized carbons (Fsp3) is 0.429. The number of hydrogen-bond donors (Lipinski definition) is 3. The first kappa shape index (κ1) is 17.4. The molecule has 7 heteroatoms. The van der Waals surface area contributed by atoms with E-state index in [1.165, 1.54) is 12.1 Å². The molecule has 0 aliphatic carbocycles. The van der Waals surface area contributed by atoms with Gasteiger partial charge in [-0.1, -0.05) is 25.4 Å². The number of aliphatic hydroxyl groups excluding tert-OH is 1. The van der Waals surface area contributed by atoms with Crippen LogP contribution in [-0.2, 0) is 9.59 Å².